The lowest BCUT2D eigenvalue weighted by molar-refractivity contribution is -0.384. The van der Waals surface area contributed by atoms with E-state index in [9.17, 15) is 10.1 Å². The van der Waals surface area contributed by atoms with E-state index in [-0.39, 0.29) is 11.5 Å². The van der Waals surface area contributed by atoms with Gasteiger partial charge < -0.3 is 10.9 Å². The number of oxime groups is 1. The lowest BCUT2D eigenvalue weighted by Gasteiger charge is -2.06. The number of nitro benzene ring substituents is 1. The topological polar surface area (TPSA) is 120 Å². The van der Waals surface area contributed by atoms with Crippen LogP contribution in [-0.4, -0.2) is 25.7 Å². The molecule has 1 heterocycles. The summed E-state index contributed by atoms with van der Waals surface area (Å²) in [4.78, 5) is 11.7. The molecule has 9 heteroatoms. The summed E-state index contributed by atoms with van der Waals surface area (Å²) in [6.07, 6.45) is 3.45. The Morgan fingerprint density at radius 1 is 1.60 bits per heavy atom. The SMILES string of the molecule is Cn1cc(Sc2ccc([N+](=O)[O-])cc2C(N)=NO)cn1. The molecule has 0 bridgehead atoms. The van der Waals surface area contributed by atoms with Gasteiger partial charge in [0.1, 0.15) is 0 Å². The number of rotatable bonds is 4. The Bertz CT molecular complexity index is 682. The Morgan fingerprint density at radius 3 is 2.90 bits per heavy atom. The molecule has 0 atom stereocenters. The van der Waals surface area contributed by atoms with E-state index in [2.05, 4.69) is 10.3 Å². The molecule has 0 saturated carbocycles. The molecule has 1 aromatic carbocycles. The minimum Gasteiger partial charge on any atom is -0.409 e. The Labute approximate surface area is 118 Å². The Balaban J connectivity index is 2.43. The van der Waals surface area contributed by atoms with E-state index in [0.717, 1.165) is 4.90 Å². The number of aryl methyl sites for hydroxylation is 1. The summed E-state index contributed by atoms with van der Waals surface area (Å²) in [6, 6.07) is 4.20. The summed E-state index contributed by atoms with van der Waals surface area (Å²) >= 11 is 1.32. The number of benzene rings is 1. The molecular formula is C11H11N5O3S. The van der Waals surface area contributed by atoms with Crippen LogP contribution in [0.2, 0.25) is 0 Å². The predicted octanol–water partition coefficient (Wildman–Crippen LogP) is 1.57. The van der Waals surface area contributed by atoms with Gasteiger partial charge in [0.15, 0.2) is 5.84 Å². The van der Waals surface area contributed by atoms with Crippen molar-refractivity contribution in [1.82, 2.24) is 9.78 Å². The molecule has 0 aliphatic rings. The first kappa shape index (κ1) is 13.9. The number of hydrogen-bond acceptors (Lipinski definition) is 6. The lowest BCUT2D eigenvalue weighted by atomic mass is 10.2. The Morgan fingerprint density at radius 2 is 2.35 bits per heavy atom. The number of nitro groups is 1. The van der Waals surface area contributed by atoms with Crippen LogP contribution < -0.4 is 5.73 Å². The van der Waals surface area contributed by atoms with Crippen molar-refractivity contribution in [3.8, 4) is 0 Å². The van der Waals surface area contributed by atoms with Crippen molar-refractivity contribution >= 4 is 23.3 Å². The van der Waals surface area contributed by atoms with Crippen molar-refractivity contribution < 1.29 is 10.1 Å². The summed E-state index contributed by atoms with van der Waals surface area (Å²) in [6.45, 7) is 0. The summed E-state index contributed by atoms with van der Waals surface area (Å²) < 4.78 is 1.64. The fourth-order valence-corrected chi connectivity index (χ4v) is 2.52. The van der Waals surface area contributed by atoms with E-state index in [1.165, 1.54) is 23.9 Å². The normalized spacial score (nSPS) is 11.6. The molecule has 1 aromatic heterocycles. The molecule has 8 nitrogen and oxygen atoms in total. The predicted molar refractivity (Wildman–Crippen MR) is 72.9 cm³/mol. The van der Waals surface area contributed by atoms with Gasteiger partial charge in [-0.3, -0.25) is 14.8 Å². The molecule has 0 amide bonds. The summed E-state index contributed by atoms with van der Waals surface area (Å²) in [5.74, 6) is -0.180. The molecule has 104 valence electrons. The maximum absolute atomic E-state index is 10.8. The number of hydrogen-bond donors (Lipinski definition) is 2. The van der Waals surface area contributed by atoms with Crippen molar-refractivity contribution in [2.75, 3.05) is 0 Å². The summed E-state index contributed by atoms with van der Waals surface area (Å²) in [5.41, 5.74) is 5.74. The first-order valence-corrected chi connectivity index (χ1v) is 6.25. The average molecular weight is 293 g/mol. The van der Waals surface area contributed by atoms with Crippen LogP contribution in [-0.2, 0) is 7.05 Å². The van der Waals surface area contributed by atoms with Gasteiger partial charge in [-0.05, 0) is 6.07 Å². The number of amidine groups is 1. The zero-order valence-corrected chi connectivity index (χ0v) is 11.2. The van der Waals surface area contributed by atoms with Gasteiger partial charge in [0.05, 0.1) is 16.0 Å². The molecular weight excluding hydrogens is 282 g/mol. The quantitative estimate of drug-likeness (QED) is 0.290. The minimum absolute atomic E-state index is 0.123. The van der Waals surface area contributed by atoms with E-state index >= 15 is 0 Å². The first-order valence-electron chi connectivity index (χ1n) is 5.44. The van der Waals surface area contributed by atoms with Gasteiger partial charge in [-0.2, -0.15) is 5.10 Å². The lowest BCUT2D eigenvalue weighted by Crippen LogP contribution is -2.14. The average Bonchev–Trinajstić information content (AvgIpc) is 2.83. The maximum Gasteiger partial charge on any atom is 0.270 e. The van der Waals surface area contributed by atoms with E-state index in [4.69, 9.17) is 10.9 Å². The number of nitrogens with two attached hydrogens (primary N) is 1. The third-order valence-corrected chi connectivity index (χ3v) is 3.49. The highest BCUT2D eigenvalue weighted by atomic mass is 32.2. The van der Waals surface area contributed by atoms with E-state index < -0.39 is 4.92 Å². The molecule has 0 unspecified atom stereocenters. The molecule has 2 rings (SSSR count). The van der Waals surface area contributed by atoms with Crippen LogP contribution in [0.4, 0.5) is 5.69 Å². The van der Waals surface area contributed by atoms with E-state index in [1.54, 1.807) is 30.2 Å². The molecule has 0 aliphatic heterocycles. The highest BCUT2D eigenvalue weighted by Crippen LogP contribution is 2.32. The minimum atomic E-state index is -0.535. The number of non-ortho nitro benzene ring substituents is 1. The van der Waals surface area contributed by atoms with Crippen LogP contribution in [0.3, 0.4) is 0 Å². The third kappa shape index (κ3) is 2.88. The van der Waals surface area contributed by atoms with Gasteiger partial charge in [-0.15, -0.1) is 0 Å². The van der Waals surface area contributed by atoms with Gasteiger partial charge >= 0.3 is 0 Å². The van der Waals surface area contributed by atoms with E-state index in [0.29, 0.717) is 10.5 Å². The molecule has 0 saturated heterocycles. The van der Waals surface area contributed by atoms with Crippen LogP contribution in [0.5, 0.6) is 0 Å². The zero-order chi connectivity index (χ0) is 14.7. The first-order chi connectivity index (χ1) is 9.51. The van der Waals surface area contributed by atoms with Crippen molar-refractivity contribution in [3.63, 3.8) is 0 Å². The standard InChI is InChI=1S/C11H11N5O3S/c1-15-6-8(5-13-15)20-10-3-2-7(16(18)19)4-9(10)11(12)14-17/h2-6,17H,1H3,(H2,12,14). The van der Waals surface area contributed by atoms with Gasteiger partial charge in [0, 0.05) is 35.8 Å². The number of aromatic nitrogens is 2. The fraction of sp³-hybridized carbons (Fsp3) is 0.0909. The van der Waals surface area contributed by atoms with Crippen LogP contribution in [0.25, 0.3) is 0 Å². The highest BCUT2D eigenvalue weighted by Gasteiger charge is 2.15. The Hall–Kier alpha value is -2.55. The van der Waals surface area contributed by atoms with Gasteiger partial charge in [0.2, 0.25) is 0 Å². The molecule has 0 spiro atoms. The number of nitrogens with zero attached hydrogens (tertiary/aromatic N) is 4. The fourth-order valence-electron chi connectivity index (χ4n) is 1.55. The second kappa shape index (κ2) is 5.61. The molecule has 0 radical (unpaired) electrons. The van der Waals surface area contributed by atoms with Crippen molar-refractivity contribution in [2.45, 2.75) is 9.79 Å². The van der Waals surface area contributed by atoms with Crippen LogP contribution in [0.15, 0.2) is 45.5 Å². The van der Waals surface area contributed by atoms with Crippen molar-refractivity contribution in [3.05, 3.63) is 46.3 Å². The third-order valence-electron chi connectivity index (χ3n) is 2.47. The molecule has 2 aromatic rings. The van der Waals surface area contributed by atoms with Crippen molar-refractivity contribution in [1.29, 1.82) is 0 Å². The van der Waals surface area contributed by atoms with Gasteiger partial charge in [0.25, 0.3) is 5.69 Å². The maximum atomic E-state index is 10.8. The second-order valence-corrected chi connectivity index (χ2v) is 4.99. The molecule has 3 N–H and O–H groups in total. The Kier molecular flexibility index (Phi) is 3.89. The van der Waals surface area contributed by atoms with Crippen LogP contribution in [0.1, 0.15) is 5.56 Å². The summed E-state index contributed by atoms with van der Waals surface area (Å²) in [7, 11) is 1.78. The van der Waals surface area contributed by atoms with Gasteiger partial charge in [-0.1, -0.05) is 16.9 Å². The van der Waals surface area contributed by atoms with Gasteiger partial charge in [-0.25, -0.2) is 0 Å². The second-order valence-electron chi connectivity index (χ2n) is 3.87. The molecule has 0 fully saturated rings. The summed E-state index contributed by atoms with van der Waals surface area (Å²) in [5, 5.41) is 26.5. The van der Waals surface area contributed by atoms with Crippen LogP contribution >= 0.6 is 11.8 Å². The highest BCUT2D eigenvalue weighted by molar-refractivity contribution is 7.99. The van der Waals surface area contributed by atoms with Crippen LogP contribution in [0, 0.1) is 10.1 Å². The zero-order valence-electron chi connectivity index (χ0n) is 10.4. The molecule has 20 heavy (non-hydrogen) atoms. The monoisotopic (exact) mass is 293 g/mol. The largest absolute Gasteiger partial charge is 0.409 e. The molecule has 0 aliphatic carbocycles. The van der Waals surface area contributed by atoms with Crippen molar-refractivity contribution in [2.24, 2.45) is 17.9 Å². The smallest absolute Gasteiger partial charge is 0.270 e. The van der Waals surface area contributed by atoms with E-state index in [1.807, 2.05) is 0 Å².